The standard InChI is InChI=1S/C10H12BrNOS/c1-10(3-4-12-6-10)9(13)8-7(11)2-5-14-8/h2,5,12H,3-4,6H2,1H3. The zero-order valence-electron chi connectivity index (χ0n) is 7.97. The minimum atomic E-state index is -0.201. The molecule has 1 N–H and O–H groups in total. The summed E-state index contributed by atoms with van der Waals surface area (Å²) in [6.45, 7) is 3.79. The van der Waals surface area contributed by atoms with E-state index >= 15 is 0 Å². The fourth-order valence-corrected chi connectivity index (χ4v) is 3.38. The molecule has 2 heterocycles. The highest BCUT2D eigenvalue weighted by atomic mass is 79.9. The van der Waals surface area contributed by atoms with E-state index in [1.807, 2.05) is 18.4 Å². The van der Waals surface area contributed by atoms with Crippen molar-refractivity contribution in [1.82, 2.24) is 5.32 Å². The molecular weight excluding hydrogens is 262 g/mol. The fourth-order valence-electron chi connectivity index (χ4n) is 1.74. The molecule has 1 atom stereocenters. The van der Waals surface area contributed by atoms with Crippen LogP contribution < -0.4 is 5.32 Å². The molecule has 1 unspecified atom stereocenters. The molecule has 4 heteroatoms. The van der Waals surface area contributed by atoms with Crippen LogP contribution in [-0.4, -0.2) is 18.9 Å². The van der Waals surface area contributed by atoms with E-state index in [1.165, 1.54) is 11.3 Å². The predicted octanol–water partition coefficient (Wildman–Crippen LogP) is 2.69. The summed E-state index contributed by atoms with van der Waals surface area (Å²) in [7, 11) is 0. The van der Waals surface area contributed by atoms with E-state index in [0.717, 1.165) is 28.9 Å². The lowest BCUT2D eigenvalue weighted by Gasteiger charge is -2.19. The van der Waals surface area contributed by atoms with Crippen LogP contribution in [-0.2, 0) is 0 Å². The third-order valence-corrected chi connectivity index (χ3v) is 4.58. The van der Waals surface area contributed by atoms with Crippen LogP contribution >= 0.6 is 27.3 Å². The molecule has 0 bridgehead atoms. The lowest BCUT2D eigenvalue weighted by atomic mass is 9.84. The number of hydrogen-bond acceptors (Lipinski definition) is 3. The van der Waals surface area contributed by atoms with Gasteiger partial charge in [0.05, 0.1) is 4.88 Å². The quantitative estimate of drug-likeness (QED) is 0.840. The number of rotatable bonds is 2. The zero-order chi connectivity index (χ0) is 10.2. The second-order valence-corrected chi connectivity index (χ2v) is 5.68. The second-order valence-electron chi connectivity index (χ2n) is 3.91. The Morgan fingerprint density at radius 3 is 3.00 bits per heavy atom. The normalized spacial score (nSPS) is 26.7. The summed E-state index contributed by atoms with van der Waals surface area (Å²) in [5, 5.41) is 5.19. The molecular formula is C10H12BrNOS. The Hall–Kier alpha value is -0.190. The maximum Gasteiger partial charge on any atom is 0.181 e. The molecule has 1 fully saturated rings. The molecule has 2 nitrogen and oxygen atoms in total. The second kappa shape index (κ2) is 3.76. The van der Waals surface area contributed by atoms with Crippen molar-refractivity contribution in [1.29, 1.82) is 0 Å². The van der Waals surface area contributed by atoms with E-state index < -0.39 is 0 Å². The van der Waals surface area contributed by atoms with Gasteiger partial charge in [-0.25, -0.2) is 0 Å². The Morgan fingerprint density at radius 2 is 2.50 bits per heavy atom. The summed E-state index contributed by atoms with van der Waals surface area (Å²) in [5.41, 5.74) is -0.201. The van der Waals surface area contributed by atoms with Gasteiger partial charge in [0.1, 0.15) is 0 Å². The number of ketones is 1. The van der Waals surface area contributed by atoms with Crippen LogP contribution in [0.25, 0.3) is 0 Å². The third-order valence-electron chi connectivity index (χ3n) is 2.74. The summed E-state index contributed by atoms with van der Waals surface area (Å²) < 4.78 is 0.931. The highest BCUT2D eigenvalue weighted by Crippen LogP contribution is 2.34. The maximum atomic E-state index is 12.2. The topological polar surface area (TPSA) is 29.1 Å². The van der Waals surface area contributed by atoms with Crippen molar-refractivity contribution in [2.75, 3.05) is 13.1 Å². The number of Topliss-reactive ketones (excluding diaryl/α,β-unsaturated/α-hetero) is 1. The number of carbonyl (C=O) groups is 1. The number of thiophene rings is 1. The molecule has 0 saturated carbocycles. The monoisotopic (exact) mass is 273 g/mol. The molecule has 1 aromatic heterocycles. The van der Waals surface area contributed by atoms with Gasteiger partial charge in [-0.15, -0.1) is 11.3 Å². The molecule has 1 aromatic rings. The van der Waals surface area contributed by atoms with Crippen LogP contribution in [0.3, 0.4) is 0 Å². The number of hydrogen-bond donors (Lipinski definition) is 1. The average Bonchev–Trinajstić information content (AvgIpc) is 2.74. The van der Waals surface area contributed by atoms with Crippen LogP contribution in [0.4, 0.5) is 0 Å². The smallest absolute Gasteiger partial charge is 0.181 e. The first-order chi connectivity index (χ1) is 6.63. The minimum absolute atomic E-state index is 0.201. The summed E-state index contributed by atoms with van der Waals surface area (Å²) >= 11 is 4.93. The van der Waals surface area contributed by atoms with Crippen molar-refractivity contribution < 1.29 is 4.79 Å². The van der Waals surface area contributed by atoms with Crippen LogP contribution in [0.1, 0.15) is 23.0 Å². The molecule has 76 valence electrons. The van der Waals surface area contributed by atoms with E-state index in [2.05, 4.69) is 21.2 Å². The van der Waals surface area contributed by atoms with Crippen LogP contribution in [0, 0.1) is 5.41 Å². The van der Waals surface area contributed by atoms with Crippen LogP contribution in [0.5, 0.6) is 0 Å². The summed E-state index contributed by atoms with van der Waals surface area (Å²) in [5.74, 6) is 0.268. The fraction of sp³-hybridized carbons (Fsp3) is 0.500. The first-order valence-corrected chi connectivity index (χ1v) is 6.29. The van der Waals surface area contributed by atoms with Crippen molar-refractivity contribution in [3.8, 4) is 0 Å². The molecule has 0 aromatic carbocycles. The van der Waals surface area contributed by atoms with E-state index in [4.69, 9.17) is 0 Å². The lowest BCUT2D eigenvalue weighted by molar-refractivity contribution is 0.0843. The average molecular weight is 274 g/mol. The van der Waals surface area contributed by atoms with E-state index in [1.54, 1.807) is 0 Å². The zero-order valence-corrected chi connectivity index (χ0v) is 10.4. The van der Waals surface area contributed by atoms with Gasteiger partial charge in [-0.3, -0.25) is 4.79 Å². The van der Waals surface area contributed by atoms with E-state index in [9.17, 15) is 4.79 Å². The molecule has 1 saturated heterocycles. The van der Waals surface area contributed by atoms with Gasteiger partial charge >= 0.3 is 0 Å². The van der Waals surface area contributed by atoms with Gasteiger partial charge in [0.15, 0.2) is 5.78 Å². The molecule has 1 aliphatic rings. The Kier molecular flexibility index (Phi) is 2.77. The first-order valence-electron chi connectivity index (χ1n) is 4.62. The molecule has 14 heavy (non-hydrogen) atoms. The first kappa shape index (κ1) is 10.3. The highest BCUT2D eigenvalue weighted by Gasteiger charge is 2.37. The molecule has 0 aliphatic carbocycles. The Labute approximate surface area is 95.8 Å². The summed E-state index contributed by atoms with van der Waals surface area (Å²) in [4.78, 5) is 13.0. The Balaban J connectivity index is 2.28. The van der Waals surface area contributed by atoms with Crippen molar-refractivity contribution in [2.45, 2.75) is 13.3 Å². The van der Waals surface area contributed by atoms with Gasteiger partial charge in [0.2, 0.25) is 0 Å². The van der Waals surface area contributed by atoms with Crippen molar-refractivity contribution in [3.63, 3.8) is 0 Å². The molecule has 2 rings (SSSR count). The molecule has 0 radical (unpaired) electrons. The van der Waals surface area contributed by atoms with Crippen LogP contribution in [0.2, 0.25) is 0 Å². The van der Waals surface area contributed by atoms with Crippen molar-refractivity contribution in [2.24, 2.45) is 5.41 Å². The molecule has 0 amide bonds. The summed E-state index contributed by atoms with van der Waals surface area (Å²) in [6.07, 6.45) is 0.941. The minimum Gasteiger partial charge on any atom is -0.316 e. The SMILES string of the molecule is CC1(C(=O)c2sccc2Br)CCNC1. The highest BCUT2D eigenvalue weighted by molar-refractivity contribution is 9.10. The van der Waals surface area contributed by atoms with Gasteiger partial charge in [0.25, 0.3) is 0 Å². The van der Waals surface area contributed by atoms with Crippen molar-refractivity contribution >= 4 is 33.0 Å². The Bertz CT molecular complexity index is 355. The van der Waals surface area contributed by atoms with E-state index in [0.29, 0.717) is 0 Å². The lowest BCUT2D eigenvalue weighted by Crippen LogP contribution is -2.29. The number of halogens is 1. The van der Waals surface area contributed by atoms with Gasteiger partial charge in [-0.1, -0.05) is 6.92 Å². The largest absolute Gasteiger partial charge is 0.316 e. The summed E-state index contributed by atoms with van der Waals surface area (Å²) in [6, 6.07) is 1.93. The maximum absolute atomic E-state index is 12.2. The molecule has 0 spiro atoms. The molecule has 1 aliphatic heterocycles. The predicted molar refractivity (Wildman–Crippen MR) is 61.9 cm³/mol. The third kappa shape index (κ3) is 1.66. The number of nitrogens with one attached hydrogen (secondary N) is 1. The van der Waals surface area contributed by atoms with Gasteiger partial charge in [0, 0.05) is 16.4 Å². The Morgan fingerprint density at radius 1 is 1.71 bits per heavy atom. The van der Waals surface area contributed by atoms with E-state index in [-0.39, 0.29) is 11.2 Å². The van der Waals surface area contributed by atoms with Gasteiger partial charge in [-0.2, -0.15) is 0 Å². The van der Waals surface area contributed by atoms with Crippen molar-refractivity contribution in [3.05, 3.63) is 20.8 Å². The van der Waals surface area contributed by atoms with Crippen LogP contribution in [0.15, 0.2) is 15.9 Å². The van der Waals surface area contributed by atoms with Gasteiger partial charge < -0.3 is 5.32 Å². The van der Waals surface area contributed by atoms with Gasteiger partial charge in [-0.05, 0) is 40.3 Å². The number of carbonyl (C=O) groups excluding carboxylic acids is 1.